The number of nitrogens with zero attached hydrogens (tertiary/aromatic N) is 3. The predicted molar refractivity (Wildman–Crippen MR) is 81.7 cm³/mol. The molecule has 0 fully saturated rings. The molecule has 19 heavy (non-hydrogen) atoms. The molecule has 0 saturated carbocycles. The Hall–Kier alpha value is -1.40. The molecule has 0 saturated heterocycles. The van der Waals surface area contributed by atoms with E-state index in [9.17, 15) is 0 Å². The first-order valence-corrected chi connectivity index (χ1v) is 7.20. The Bertz CT molecular complexity index is 783. The molecule has 0 aliphatic rings. The lowest BCUT2D eigenvalue weighted by Gasteiger charge is -2.03. The number of hydrogen-bond acceptors (Lipinski definition) is 2. The van der Waals surface area contributed by atoms with Gasteiger partial charge in [0.2, 0.25) is 0 Å². The SMILES string of the molecule is Cn1ccc(CCn2c(=S)[nH]c3cc(Br)ccc32)n1. The third-order valence-electron chi connectivity index (χ3n) is 3.10. The van der Waals surface area contributed by atoms with Crippen molar-refractivity contribution >= 4 is 39.2 Å². The van der Waals surface area contributed by atoms with Gasteiger partial charge in [0.15, 0.2) is 4.77 Å². The second-order valence-corrected chi connectivity index (χ2v) is 5.78. The molecule has 2 aromatic heterocycles. The van der Waals surface area contributed by atoms with E-state index in [1.807, 2.05) is 36.1 Å². The molecule has 3 aromatic rings. The van der Waals surface area contributed by atoms with Gasteiger partial charge in [0.1, 0.15) is 0 Å². The number of halogens is 1. The summed E-state index contributed by atoms with van der Waals surface area (Å²) >= 11 is 8.85. The first-order valence-electron chi connectivity index (χ1n) is 6.00. The summed E-state index contributed by atoms with van der Waals surface area (Å²) in [5.74, 6) is 0. The molecule has 0 aliphatic carbocycles. The number of imidazole rings is 1. The van der Waals surface area contributed by atoms with Crippen LogP contribution in [-0.2, 0) is 20.0 Å². The fraction of sp³-hybridized carbons (Fsp3) is 0.231. The van der Waals surface area contributed by atoms with Crippen molar-refractivity contribution in [2.24, 2.45) is 7.05 Å². The van der Waals surface area contributed by atoms with Gasteiger partial charge < -0.3 is 9.55 Å². The summed E-state index contributed by atoms with van der Waals surface area (Å²) in [4.78, 5) is 3.23. The van der Waals surface area contributed by atoms with Gasteiger partial charge in [-0.25, -0.2) is 0 Å². The molecule has 3 rings (SSSR count). The van der Waals surface area contributed by atoms with Crippen LogP contribution in [-0.4, -0.2) is 19.3 Å². The van der Waals surface area contributed by atoms with Crippen molar-refractivity contribution in [3.8, 4) is 0 Å². The van der Waals surface area contributed by atoms with Crippen LogP contribution in [0.4, 0.5) is 0 Å². The minimum atomic E-state index is 0.754. The average molecular weight is 337 g/mol. The van der Waals surface area contributed by atoms with Gasteiger partial charge in [-0.05, 0) is 36.5 Å². The third-order valence-corrected chi connectivity index (χ3v) is 3.91. The number of fused-ring (bicyclic) bond motifs is 1. The molecule has 2 heterocycles. The van der Waals surface area contributed by atoms with Crippen LogP contribution in [0.15, 0.2) is 34.9 Å². The second-order valence-electron chi connectivity index (χ2n) is 4.47. The average Bonchev–Trinajstić information content (AvgIpc) is 2.89. The maximum atomic E-state index is 5.38. The van der Waals surface area contributed by atoms with Crippen molar-refractivity contribution in [2.75, 3.05) is 0 Å². The van der Waals surface area contributed by atoms with Crippen molar-refractivity contribution in [3.05, 3.63) is 45.4 Å². The van der Waals surface area contributed by atoms with E-state index < -0.39 is 0 Å². The van der Waals surface area contributed by atoms with E-state index in [4.69, 9.17) is 12.2 Å². The van der Waals surface area contributed by atoms with E-state index in [-0.39, 0.29) is 0 Å². The highest BCUT2D eigenvalue weighted by Gasteiger charge is 2.05. The van der Waals surface area contributed by atoms with Crippen molar-refractivity contribution < 1.29 is 0 Å². The van der Waals surface area contributed by atoms with Gasteiger partial charge >= 0.3 is 0 Å². The van der Waals surface area contributed by atoms with E-state index in [0.717, 1.165) is 38.9 Å². The number of hydrogen-bond donors (Lipinski definition) is 1. The van der Waals surface area contributed by atoms with Crippen LogP contribution in [0.3, 0.4) is 0 Å². The number of benzene rings is 1. The number of aromatic amines is 1. The monoisotopic (exact) mass is 336 g/mol. The largest absolute Gasteiger partial charge is 0.331 e. The molecule has 0 radical (unpaired) electrons. The zero-order chi connectivity index (χ0) is 13.4. The van der Waals surface area contributed by atoms with Crippen molar-refractivity contribution in [3.63, 3.8) is 0 Å². The lowest BCUT2D eigenvalue weighted by molar-refractivity contribution is 0.671. The van der Waals surface area contributed by atoms with Crippen molar-refractivity contribution in [1.82, 2.24) is 19.3 Å². The first-order chi connectivity index (χ1) is 9.13. The fourth-order valence-corrected chi connectivity index (χ4v) is 2.84. The van der Waals surface area contributed by atoms with Crippen molar-refractivity contribution in [2.45, 2.75) is 13.0 Å². The normalized spacial score (nSPS) is 11.3. The molecule has 0 amide bonds. The number of rotatable bonds is 3. The minimum Gasteiger partial charge on any atom is -0.331 e. The molecular weight excluding hydrogens is 324 g/mol. The number of H-pyrrole nitrogens is 1. The van der Waals surface area contributed by atoms with Gasteiger partial charge in [0.05, 0.1) is 16.7 Å². The van der Waals surface area contributed by atoms with Gasteiger partial charge in [-0.3, -0.25) is 4.68 Å². The maximum Gasteiger partial charge on any atom is 0.178 e. The summed E-state index contributed by atoms with van der Waals surface area (Å²) in [7, 11) is 1.93. The Labute approximate surface area is 124 Å². The number of aryl methyl sites for hydroxylation is 3. The van der Waals surface area contributed by atoms with E-state index in [1.165, 1.54) is 0 Å². The molecule has 0 atom stereocenters. The van der Waals surface area contributed by atoms with Crippen LogP contribution in [0, 0.1) is 4.77 Å². The summed E-state index contributed by atoms with van der Waals surface area (Å²) in [6.45, 7) is 0.831. The van der Waals surface area contributed by atoms with Gasteiger partial charge in [0, 0.05) is 30.7 Å². The van der Waals surface area contributed by atoms with Gasteiger partial charge in [0.25, 0.3) is 0 Å². The molecular formula is C13H13BrN4S. The quantitative estimate of drug-likeness (QED) is 0.744. The van der Waals surface area contributed by atoms with Crippen LogP contribution >= 0.6 is 28.1 Å². The third kappa shape index (κ3) is 2.50. The summed E-state index contributed by atoms with van der Waals surface area (Å²) in [6.07, 6.45) is 2.83. The Kier molecular flexibility index (Phi) is 3.28. The molecule has 1 N–H and O–H groups in total. The molecule has 0 aliphatic heterocycles. The Morgan fingerprint density at radius 2 is 2.21 bits per heavy atom. The van der Waals surface area contributed by atoms with Crippen molar-refractivity contribution in [1.29, 1.82) is 0 Å². The van der Waals surface area contributed by atoms with E-state index in [0.29, 0.717) is 0 Å². The lowest BCUT2D eigenvalue weighted by atomic mass is 10.3. The summed E-state index contributed by atoms with van der Waals surface area (Å²) < 4.78 is 5.74. The van der Waals surface area contributed by atoms with E-state index in [1.54, 1.807) is 0 Å². The van der Waals surface area contributed by atoms with E-state index >= 15 is 0 Å². The summed E-state index contributed by atoms with van der Waals surface area (Å²) in [6, 6.07) is 8.18. The lowest BCUT2D eigenvalue weighted by Crippen LogP contribution is -2.02. The van der Waals surface area contributed by atoms with Gasteiger partial charge in [-0.2, -0.15) is 5.10 Å². The first kappa shape index (κ1) is 12.6. The summed E-state index contributed by atoms with van der Waals surface area (Å²) in [5.41, 5.74) is 3.26. The Balaban J connectivity index is 1.92. The summed E-state index contributed by atoms with van der Waals surface area (Å²) in [5, 5.41) is 4.39. The van der Waals surface area contributed by atoms with Crippen LogP contribution in [0.25, 0.3) is 11.0 Å². The Morgan fingerprint density at radius 3 is 2.95 bits per heavy atom. The van der Waals surface area contributed by atoms with Crippen LogP contribution in [0.5, 0.6) is 0 Å². The highest BCUT2D eigenvalue weighted by atomic mass is 79.9. The zero-order valence-corrected chi connectivity index (χ0v) is 12.8. The van der Waals surface area contributed by atoms with Gasteiger partial charge in [-0.15, -0.1) is 0 Å². The molecule has 6 heteroatoms. The van der Waals surface area contributed by atoms with Gasteiger partial charge in [-0.1, -0.05) is 15.9 Å². The maximum absolute atomic E-state index is 5.38. The highest BCUT2D eigenvalue weighted by Crippen LogP contribution is 2.19. The molecule has 1 aromatic carbocycles. The molecule has 0 spiro atoms. The van der Waals surface area contributed by atoms with E-state index in [2.05, 4.69) is 36.6 Å². The topological polar surface area (TPSA) is 38.5 Å². The molecule has 0 unspecified atom stereocenters. The van der Waals surface area contributed by atoms with Crippen LogP contribution in [0.2, 0.25) is 0 Å². The van der Waals surface area contributed by atoms with Crippen LogP contribution in [0.1, 0.15) is 5.69 Å². The number of nitrogens with one attached hydrogen (secondary N) is 1. The second kappa shape index (κ2) is 4.94. The van der Waals surface area contributed by atoms with Crippen LogP contribution < -0.4 is 0 Å². The number of aromatic nitrogens is 4. The molecule has 4 nitrogen and oxygen atoms in total. The smallest absolute Gasteiger partial charge is 0.178 e. The molecule has 0 bridgehead atoms. The fourth-order valence-electron chi connectivity index (χ4n) is 2.18. The predicted octanol–water partition coefficient (Wildman–Crippen LogP) is 3.44. The minimum absolute atomic E-state index is 0.754. The standard InChI is InChI=1S/C13H13BrN4S/c1-17-6-4-10(16-17)5-7-18-12-3-2-9(14)8-11(12)15-13(18)19/h2-4,6,8H,5,7H2,1H3,(H,15,19). The molecule has 98 valence electrons. The highest BCUT2D eigenvalue weighted by molar-refractivity contribution is 9.10. The zero-order valence-electron chi connectivity index (χ0n) is 10.4. The Morgan fingerprint density at radius 1 is 1.37 bits per heavy atom.